The minimum atomic E-state index is -0.879. The van der Waals surface area contributed by atoms with Crippen molar-refractivity contribution in [3.05, 3.63) is 30.0 Å². The average Bonchev–Trinajstić information content (AvgIpc) is 2.75. The van der Waals surface area contributed by atoms with Gasteiger partial charge in [0.25, 0.3) is 0 Å². The highest BCUT2D eigenvalue weighted by atomic mass is 16.4. The van der Waals surface area contributed by atoms with Crippen LogP contribution in [0, 0.1) is 0 Å². The molecule has 0 radical (unpaired) electrons. The lowest BCUT2D eigenvalue weighted by atomic mass is 9.98. The van der Waals surface area contributed by atoms with Crippen LogP contribution < -0.4 is 10.2 Å². The fourth-order valence-corrected chi connectivity index (χ4v) is 3.17. The Morgan fingerprint density at radius 1 is 1.38 bits per heavy atom. The van der Waals surface area contributed by atoms with Gasteiger partial charge in [0.1, 0.15) is 0 Å². The molecule has 0 saturated carbocycles. The third kappa shape index (κ3) is 2.27. The number of carboxylic acid groups (broad SMARTS) is 1. The lowest BCUT2D eigenvalue weighted by Crippen LogP contribution is -2.58. The van der Waals surface area contributed by atoms with E-state index in [0.717, 1.165) is 36.2 Å². The van der Waals surface area contributed by atoms with Crippen LogP contribution in [0.2, 0.25) is 0 Å². The molecular formula is C16H21N3O2. The zero-order chi connectivity index (χ0) is 15.2. The number of aryl methyl sites for hydroxylation is 1. The Labute approximate surface area is 124 Å². The molecule has 2 aromatic rings. The molecule has 5 heteroatoms. The van der Waals surface area contributed by atoms with Gasteiger partial charge < -0.3 is 19.9 Å². The van der Waals surface area contributed by atoms with Gasteiger partial charge in [-0.2, -0.15) is 0 Å². The van der Waals surface area contributed by atoms with Crippen LogP contribution in [0.5, 0.6) is 0 Å². The van der Waals surface area contributed by atoms with Crippen molar-refractivity contribution in [3.8, 4) is 0 Å². The van der Waals surface area contributed by atoms with Gasteiger partial charge in [-0.3, -0.25) is 0 Å². The smallest absolute Gasteiger partial charge is 0.337 e. The highest BCUT2D eigenvalue weighted by Gasteiger charge is 2.30. The van der Waals surface area contributed by atoms with Crippen LogP contribution in [-0.2, 0) is 7.05 Å². The number of nitrogens with zero attached hydrogens (tertiary/aromatic N) is 2. The summed E-state index contributed by atoms with van der Waals surface area (Å²) in [5.41, 5.74) is 2.51. The van der Waals surface area contributed by atoms with Crippen molar-refractivity contribution in [1.82, 2.24) is 9.88 Å². The number of piperazine rings is 1. The second-order valence-electron chi connectivity index (χ2n) is 6.30. The monoisotopic (exact) mass is 287 g/mol. The van der Waals surface area contributed by atoms with E-state index in [1.54, 1.807) is 6.20 Å². The van der Waals surface area contributed by atoms with Crippen molar-refractivity contribution >= 4 is 22.6 Å². The molecule has 1 aromatic heterocycles. The zero-order valence-electron chi connectivity index (χ0n) is 12.7. The number of rotatable bonds is 2. The van der Waals surface area contributed by atoms with E-state index in [1.165, 1.54) is 0 Å². The number of anilines is 1. The first-order chi connectivity index (χ1) is 9.90. The van der Waals surface area contributed by atoms with Crippen molar-refractivity contribution in [2.24, 2.45) is 7.05 Å². The zero-order valence-corrected chi connectivity index (χ0v) is 12.7. The number of nitrogens with one attached hydrogen (secondary N) is 1. The summed E-state index contributed by atoms with van der Waals surface area (Å²) in [4.78, 5) is 13.7. The van der Waals surface area contributed by atoms with E-state index in [-0.39, 0.29) is 5.54 Å². The van der Waals surface area contributed by atoms with Gasteiger partial charge in [0.15, 0.2) is 0 Å². The van der Waals surface area contributed by atoms with Gasteiger partial charge in [0, 0.05) is 49.5 Å². The van der Waals surface area contributed by atoms with Crippen LogP contribution in [-0.4, -0.2) is 40.8 Å². The van der Waals surface area contributed by atoms with Crippen molar-refractivity contribution in [2.45, 2.75) is 19.4 Å². The molecule has 21 heavy (non-hydrogen) atoms. The fraction of sp³-hybridized carbons (Fsp3) is 0.438. The maximum atomic E-state index is 11.3. The van der Waals surface area contributed by atoms with E-state index < -0.39 is 5.97 Å². The third-order valence-electron chi connectivity index (χ3n) is 4.32. The van der Waals surface area contributed by atoms with E-state index in [0.29, 0.717) is 5.56 Å². The molecule has 5 nitrogen and oxygen atoms in total. The minimum absolute atomic E-state index is 0.0483. The number of aromatic carboxylic acids is 1. The first-order valence-corrected chi connectivity index (χ1v) is 7.21. The van der Waals surface area contributed by atoms with Crippen LogP contribution in [0.3, 0.4) is 0 Å². The normalized spacial score (nSPS) is 18.1. The van der Waals surface area contributed by atoms with E-state index in [9.17, 15) is 9.90 Å². The Bertz CT molecular complexity index is 703. The summed E-state index contributed by atoms with van der Waals surface area (Å²) in [5.74, 6) is -0.879. The molecule has 2 N–H and O–H groups in total. The van der Waals surface area contributed by atoms with E-state index in [2.05, 4.69) is 30.1 Å². The van der Waals surface area contributed by atoms with Gasteiger partial charge >= 0.3 is 5.97 Å². The molecule has 0 bridgehead atoms. The molecular weight excluding hydrogens is 266 g/mol. The summed E-state index contributed by atoms with van der Waals surface area (Å²) in [7, 11) is 1.89. The molecule has 0 amide bonds. The quantitative estimate of drug-likeness (QED) is 0.888. The van der Waals surface area contributed by atoms with Gasteiger partial charge in [-0.05, 0) is 32.0 Å². The molecule has 1 saturated heterocycles. The molecule has 1 aromatic carbocycles. The molecule has 0 atom stereocenters. The molecule has 0 unspecified atom stereocenters. The Hall–Kier alpha value is -2.01. The molecule has 0 aliphatic carbocycles. The van der Waals surface area contributed by atoms with Gasteiger partial charge in [0.05, 0.1) is 11.1 Å². The summed E-state index contributed by atoms with van der Waals surface area (Å²) >= 11 is 0. The number of carbonyl (C=O) groups is 1. The summed E-state index contributed by atoms with van der Waals surface area (Å²) < 4.78 is 1.89. The van der Waals surface area contributed by atoms with Gasteiger partial charge in [0.2, 0.25) is 0 Å². The molecule has 112 valence electrons. The Kier molecular flexibility index (Phi) is 3.17. The minimum Gasteiger partial charge on any atom is -0.478 e. The van der Waals surface area contributed by atoms with Crippen molar-refractivity contribution < 1.29 is 9.90 Å². The van der Waals surface area contributed by atoms with Crippen LogP contribution in [0.15, 0.2) is 24.4 Å². The van der Waals surface area contributed by atoms with Gasteiger partial charge in [-0.25, -0.2) is 4.79 Å². The number of hydrogen-bond acceptors (Lipinski definition) is 3. The first kappa shape index (κ1) is 13.9. The van der Waals surface area contributed by atoms with Crippen LogP contribution in [0.4, 0.5) is 5.69 Å². The molecule has 2 heterocycles. The van der Waals surface area contributed by atoms with E-state index in [1.807, 2.05) is 23.7 Å². The Morgan fingerprint density at radius 2 is 2.14 bits per heavy atom. The van der Waals surface area contributed by atoms with Crippen molar-refractivity contribution in [2.75, 3.05) is 24.5 Å². The van der Waals surface area contributed by atoms with Crippen molar-refractivity contribution in [1.29, 1.82) is 0 Å². The largest absolute Gasteiger partial charge is 0.478 e. The molecule has 1 fully saturated rings. The Morgan fingerprint density at radius 3 is 2.81 bits per heavy atom. The van der Waals surface area contributed by atoms with E-state index >= 15 is 0 Å². The van der Waals surface area contributed by atoms with Gasteiger partial charge in [-0.15, -0.1) is 0 Å². The number of carboxylic acids is 1. The Balaban J connectivity index is 2.09. The number of aromatic nitrogens is 1. The summed E-state index contributed by atoms with van der Waals surface area (Å²) in [6, 6.07) is 6.04. The molecule has 3 rings (SSSR count). The third-order valence-corrected chi connectivity index (χ3v) is 4.32. The highest BCUT2D eigenvalue weighted by Crippen LogP contribution is 2.30. The van der Waals surface area contributed by atoms with Crippen LogP contribution in [0.1, 0.15) is 24.2 Å². The SMILES string of the molecule is Cn1cc(C(=O)O)c2ccc(N3CCNCC3(C)C)cc21. The standard InChI is InChI=1S/C16H21N3O2/c1-16(2)10-17-6-7-19(16)11-4-5-12-13(15(20)21)9-18(3)14(12)8-11/h4-5,8-9,17H,6-7,10H2,1-3H3,(H,20,21). The maximum Gasteiger partial charge on any atom is 0.337 e. The topological polar surface area (TPSA) is 57.5 Å². The maximum absolute atomic E-state index is 11.3. The number of fused-ring (bicyclic) bond motifs is 1. The second-order valence-corrected chi connectivity index (χ2v) is 6.30. The van der Waals surface area contributed by atoms with Gasteiger partial charge in [-0.1, -0.05) is 0 Å². The van der Waals surface area contributed by atoms with E-state index in [4.69, 9.17) is 0 Å². The summed E-state index contributed by atoms with van der Waals surface area (Å²) in [6.07, 6.45) is 1.68. The summed E-state index contributed by atoms with van der Waals surface area (Å²) in [6.45, 7) is 7.30. The first-order valence-electron chi connectivity index (χ1n) is 7.21. The highest BCUT2D eigenvalue weighted by molar-refractivity contribution is 6.04. The van der Waals surface area contributed by atoms with Crippen LogP contribution in [0.25, 0.3) is 10.9 Å². The predicted octanol–water partition coefficient (Wildman–Crippen LogP) is 2.06. The number of benzene rings is 1. The molecule has 0 spiro atoms. The number of hydrogen-bond donors (Lipinski definition) is 2. The van der Waals surface area contributed by atoms with Crippen molar-refractivity contribution in [3.63, 3.8) is 0 Å². The summed E-state index contributed by atoms with van der Waals surface area (Å²) in [5, 5.41) is 13.5. The lowest BCUT2D eigenvalue weighted by molar-refractivity contribution is 0.0699. The predicted molar refractivity (Wildman–Crippen MR) is 84.2 cm³/mol. The van der Waals surface area contributed by atoms with Crippen LogP contribution >= 0.6 is 0 Å². The second kappa shape index (κ2) is 4.77. The average molecular weight is 287 g/mol. The fourth-order valence-electron chi connectivity index (χ4n) is 3.17. The molecule has 1 aliphatic rings. The lowest BCUT2D eigenvalue weighted by Gasteiger charge is -2.44. The molecule has 1 aliphatic heterocycles.